The summed E-state index contributed by atoms with van der Waals surface area (Å²) in [6.07, 6.45) is 8.76. The summed E-state index contributed by atoms with van der Waals surface area (Å²) in [7, 11) is 0. The second-order valence-corrected chi connectivity index (χ2v) is 3.28. The van der Waals surface area contributed by atoms with Crippen molar-refractivity contribution in [3.8, 4) is 0 Å². The zero-order valence-corrected chi connectivity index (χ0v) is 5.34. The lowest BCUT2D eigenvalue weighted by molar-refractivity contribution is -0.122. The molecule has 0 saturated heterocycles. The van der Waals surface area contributed by atoms with Crippen LogP contribution in [0.2, 0.25) is 0 Å². The molecule has 9 heavy (non-hydrogen) atoms. The second-order valence-electron chi connectivity index (χ2n) is 3.28. The van der Waals surface area contributed by atoms with Crippen molar-refractivity contribution >= 4 is 6.29 Å². The van der Waals surface area contributed by atoms with Gasteiger partial charge in [0.25, 0.3) is 0 Å². The minimum atomic E-state index is 0.0966. The van der Waals surface area contributed by atoms with Crippen molar-refractivity contribution in [2.75, 3.05) is 0 Å². The lowest BCUT2D eigenvalue weighted by atomic mass is 9.58. The number of carbonyl (C=O) groups is 1. The first kappa shape index (κ1) is 5.21. The van der Waals surface area contributed by atoms with Crippen LogP contribution in [-0.2, 0) is 4.79 Å². The first-order valence-electron chi connectivity index (χ1n) is 3.48. The molecule has 48 valence electrons. The molecule has 1 fully saturated rings. The molecule has 0 aromatic carbocycles. The molecule has 0 spiro atoms. The van der Waals surface area contributed by atoms with E-state index in [1.54, 1.807) is 0 Å². The van der Waals surface area contributed by atoms with Crippen molar-refractivity contribution in [3.05, 3.63) is 12.2 Å². The Kier molecular flexibility index (Phi) is 0.850. The maximum Gasteiger partial charge on any atom is 0.126 e. The summed E-state index contributed by atoms with van der Waals surface area (Å²) in [5.74, 6) is 0.740. The third kappa shape index (κ3) is 0.576. The van der Waals surface area contributed by atoms with Crippen LogP contribution in [0.25, 0.3) is 0 Å². The Morgan fingerprint density at radius 2 is 2.33 bits per heavy atom. The SMILES string of the molecule is O=CC12CC=CC(C1)C2. The smallest absolute Gasteiger partial charge is 0.126 e. The van der Waals surface area contributed by atoms with Crippen LogP contribution in [0, 0.1) is 11.3 Å². The highest BCUT2D eigenvalue weighted by Crippen LogP contribution is 2.50. The van der Waals surface area contributed by atoms with E-state index < -0.39 is 0 Å². The molecule has 0 amide bonds. The van der Waals surface area contributed by atoms with Crippen molar-refractivity contribution in [2.45, 2.75) is 19.3 Å². The Labute approximate surface area is 54.8 Å². The van der Waals surface area contributed by atoms with E-state index in [0.29, 0.717) is 0 Å². The number of allylic oxidation sites excluding steroid dienone is 2. The molecule has 3 aliphatic rings. The van der Waals surface area contributed by atoms with Gasteiger partial charge < -0.3 is 4.79 Å². The van der Waals surface area contributed by atoms with E-state index in [9.17, 15) is 4.79 Å². The molecule has 3 aliphatic carbocycles. The second kappa shape index (κ2) is 1.47. The summed E-state index contributed by atoms with van der Waals surface area (Å²) in [5.41, 5.74) is 0.0966. The van der Waals surface area contributed by atoms with Crippen LogP contribution < -0.4 is 0 Å². The number of carbonyl (C=O) groups excluding carboxylic acids is 1. The topological polar surface area (TPSA) is 17.1 Å². The van der Waals surface area contributed by atoms with Gasteiger partial charge in [-0.3, -0.25) is 0 Å². The zero-order chi connectivity index (χ0) is 6.32. The Hall–Kier alpha value is -0.590. The summed E-state index contributed by atoms with van der Waals surface area (Å²) in [5, 5.41) is 0. The molecule has 2 bridgehead atoms. The van der Waals surface area contributed by atoms with Gasteiger partial charge in [-0.25, -0.2) is 0 Å². The van der Waals surface area contributed by atoms with Crippen LogP contribution in [0.5, 0.6) is 0 Å². The van der Waals surface area contributed by atoms with Gasteiger partial charge in [-0.05, 0) is 25.2 Å². The van der Waals surface area contributed by atoms with Gasteiger partial charge in [0.05, 0.1) is 0 Å². The molecule has 3 rings (SSSR count). The standard InChI is InChI=1S/C8H10O/c9-6-8-3-1-2-7(4-8)5-8/h1-2,6-7H,3-5H2. The number of aldehydes is 1. The monoisotopic (exact) mass is 122 g/mol. The number of hydrogen-bond donors (Lipinski definition) is 0. The van der Waals surface area contributed by atoms with Crippen molar-refractivity contribution in [2.24, 2.45) is 11.3 Å². The van der Waals surface area contributed by atoms with E-state index in [1.807, 2.05) is 0 Å². The summed E-state index contributed by atoms with van der Waals surface area (Å²) < 4.78 is 0. The van der Waals surface area contributed by atoms with Gasteiger partial charge in [-0.1, -0.05) is 12.2 Å². The summed E-state index contributed by atoms with van der Waals surface area (Å²) in [6, 6.07) is 0. The van der Waals surface area contributed by atoms with Gasteiger partial charge in [0.15, 0.2) is 0 Å². The molecular weight excluding hydrogens is 112 g/mol. The quantitative estimate of drug-likeness (QED) is 0.381. The highest BCUT2D eigenvalue weighted by atomic mass is 16.1. The summed E-state index contributed by atoms with van der Waals surface area (Å²) in [4.78, 5) is 10.5. The van der Waals surface area contributed by atoms with E-state index in [2.05, 4.69) is 12.2 Å². The number of fused-ring (bicyclic) bond motifs is 1. The van der Waals surface area contributed by atoms with Crippen LogP contribution >= 0.6 is 0 Å². The maximum absolute atomic E-state index is 10.5. The van der Waals surface area contributed by atoms with Gasteiger partial charge in [0, 0.05) is 5.41 Å². The third-order valence-corrected chi connectivity index (χ3v) is 2.52. The van der Waals surface area contributed by atoms with E-state index in [4.69, 9.17) is 0 Å². The third-order valence-electron chi connectivity index (χ3n) is 2.52. The highest BCUT2D eigenvalue weighted by molar-refractivity contribution is 5.62. The van der Waals surface area contributed by atoms with E-state index >= 15 is 0 Å². The normalized spacial score (nSPS) is 46.0. The maximum atomic E-state index is 10.5. The molecule has 0 heterocycles. The first-order chi connectivity index (χ1) is 4.35. The Morgan fingerprint density at radius 3 is 2.67 bits per heavy atom. The van der Waals surface area contributed by atoms with Crippen LogP contribution in [0.1, 0.15) is 19.3 Å². The number of rotatable bonds is 1. The minimum Gasteiger partial charge on any atom is -0.303 e. The molecule has 1 nitrogen and oxygen atoms in total. The highest BCUT2D eigenvalue weighted by Gasteiger charge is 2.44. The molecule has 0 atom stereocenters. The molecule has 0 N–H and O–H groups in total. The molecule has 0 radical (unpaired) electrons. The van der Waals surface area contributed by atoms with Crippen LogP contribution in [0.3, 0.4) is 0 Å². The molecule has 0 aromatic rings. The number of hydrogen-bond acceptors (Lipinski definition) is 1. The first-order valence-corrected chi connectivity index (χ1v) is 3.48. The molecule has 0 aliphatic heterocycles. The fourth-order valence-corrected chi connectivity index (χ4v) is 1.93. The van der Waals surface area contributed by atoms with Gasteiger partial charge in [-0.15, -0.1) is 0 Å². The summed E-state index contributed by atoms with van der Waals surface area (Å²) in [6.45, 7) is 0. The van der Waals surface area contributed by atoms with Crippen LogP contribution in [-0.4, -0.2) is 6.29 Å². The average molecular weight is 122 g/mol. The molecule has 1 saturated carbocycles. The van der Waals surface area contributed by atoms with Gasteiger partial charge >= 0.3 is 0 Å². The molecule has 1 heteroatoms. The lowest BCUT2D eigenvalue weighted by Crippen LogP contribution is -2.39. The molecular formula is C8H10O. The average Bonchev–Trinajstić information content (AvgIpc) is 1.88. The Morgan fingerprint density at radius 1 is 1.56 bits per heavy atom. The van der Waals surface area contributed by atoms with Gasteiger partial charge in [0.2, 0.25) is 0 Å². The van der Waals surface area contributed by atoms with E-state index in [0.717, 1.165) is 31.5 Å². The Bertz CT molecular complexity index is 163. The largest absolute Gasteiger partial charge is 0.303 e. The van der Waals surface area contributed by atoms with E-state index in [-0.39, 0.29) is 5.41 Å². The Balaban J connectivity index is 2.22. The minimum absolute atomic E-state index is 0.0966. The van der Waals surface area contributed by atoms with Gasteiger partial charge in [0.1, 0.15) is 6.29 Å². The van der Waals surface area contributed by atoms with E-state index in [1.165, 1.54) is 0 Å². The van der Waals surface area contributed by atoms with Crippen molar-refractivity contribution in [3.63, 3.8) is 0 Å². The lowest BCUT2D eigenvalue weighted by Gasteiger charge is -2.45. The fraction of sp³-hybridized carbons (Fsp3) is 0.625. The molecule has 0 unspecified atom stereocenters. The predicted molar refractivity (Wildman–Crippen MR) is 35.0 cm³/mol. The fourth-order valence-electron chi connectivity index (χ4n) is 1.93. The zero-order valence-electron chi connectivity index (χ0n) is 5.34. The van der Waals surface area contributed by atoms with Crippen molar-refractivity contribution in [1.82, 2.24) is 0 Å². The van der Waals surface area contributed by atoms with Crippen LogP contribution in [0.15, 0.2) is 12.2 Å². The summed E-state index contributed by atoms with van der Waals surface area (Å²) >= 11 is 0. The van der Waals surface area contributed by atoms with Gasteiger partial charge in [-0.2, -0.15) is 0 Å². The van der Waals surface area contributed by atoms with Crippen molar-refractivity contribution < 1.29 is 4.79 Å². The van der Waals surface area contributed by atoms with Crippen molar-refractivity contribution in [1.29, 1.82) is 0 Å². The predicted octanol–water partition coefficient (Wildman–Crippen LogP) is 1.54. The molecule has 0 aromatic heterocycles. The van der Waals surface area contributed by atoms with Crippen LogP contribution in [0.4, 0.5) is 0 Å².